The van der Waals surface area contributed by atoms with Crippen LogP contribution in [0, 0.1) is 0 Å². The zero-order chi connectivity index (χ0) is 11.5. The molecule has 0 radical (unpaired) electrons. The average Bonchev–Trinajstić information content (AvgIpc) is 2.66. The van der Waals surface area contributed by atoms with Crippen molar-refractivity contribution in [2.75, 3.05) is 6.54 Å². The van der Waals surface area contributed by atoms with Crippen molar-refractivity contribution in [2.45, 2.75) is 26.3 Å². The van der Waals surface area contributed by atoms with Gasteiger partial charge in [0.05, 0.1) is 5.52 Å². The maximum Gasteiger partial charge on any atom is 0.125 e. The number of hydrogen-bond acceptors (Lipinski definition) is 2. The van der Waals surface area contributed by atoms with Crippen LogP contribution >= 0.6 is 0 Å². The number of rotatable bonds is 4. The molecule has 0 atom stereocenters. The van der Waals surface area contributed by atoms with Crippen LogP contribution in [0.2, 0.25) is 0 Å². The summed E-state index contributed by atoms with van der Waals surface area (Å²) in [5.74, 6) is 0.372. The Morgan fingerprint density at radius 1 is 1.38 bits per heavy atom. The van der Waals surface area contributed by atoms with Crippen LogP contribution in [0.3, 0.4) is 0 Å². The predicted molar refractivity (Wildman–Crippen MR) is 66.7 cm³/mol. The summed E-state index contributed by atoms with van der Waals surface area (Å²) in [6, 6.07) is 5.68. The second kappa shape index (κ2) is 4.58. The van der Waals surface area contributed by atoms with Crippen LogP contribution in [-0.2, 0) is 13.0 Å². The van der Waals surface area contributed by atoms with E-state index in [-0.39, 0.29) is 0 Å². The third-order valence-electron chi connectivity index (χ3n) is 2.95. The maximum atomic E-state index is 9.92. The van der Waals surface area contributed by atoms with E-state index in [1.807, 2.05) is 12.1 Å². The number of aryl methyl sites for hydroxylation is 2. The molecule has 0 amide bonds. The molecule has 0 spiro atoms. The Morgan fingerprint density at radius 3 is 2.88 bits per heavy atom. The van der Waals surface area contributed by atoms with E-state index in [2.05, 4.69) is 17.7 Å². The zero-order valence-electron chi connectivity index (χ0n) is 9.61. The molecule has 3 heteroatoms. The molecule has 3 nitrogen and oxygen atoms in total. The van der Waals surface area contributed by atoms with Crippen LogP contribution in [0.15, 0.2) is 24.4 Å². The molecule has 1 aromatic heterocycles. The monoisotopic (exact) mass is 218 g/mol. The third kappa shape index (κ3) is 1.78. The van der Waals surface area contributed by atoms with E-state index in [9.17, 15) is 5.11 Å². The van der Waals surface area contributed by atoms with E-state index >= 15 is 0 Å². The van der Waals surface area contributed by atoms with Crippen molar-refractivity contribution in [1.29, 1.82) is 0 Å². The molecule has 2 aromatic rings. The molecule has 3 N–H and O–H groups in total. The second-order valence-corrected chi connectivity index (χ2v) is 4.00. The summed E-state index contributed by atoms with van der Waals surface area (Å²) in [6.45, 7) is 3.71. The highest BCUT2D eigenvalue weighted by molar-refractivity contribution is 5.89. The zero-order valence-corrected chi connectivity index (χ0v) is 9.61. The highest BCUT2D eigenvalue weighted by atomic mass is 16.3. The molecule has 0 aliphatic rings. The number of nitrogens with two attached hydrogens (primary N) is 1. The predicted octanol–water partition coefficient (Wildman–Crippen LogP) is 2.26. The first kappa shape index (κ1) is 11.0. The lowest BCUT2D eigenvalue weighted by molar-refractivity contribution is 0.481. The van der Waals surface area contributed by atoms with Gasteiger partial charge in [0.15, 0.2) is 0 Å². The molecule has 0 bridgehead atoms. The summed E-state index contributed by atoms with van der Waals surface area (Å²) in [4.78, 5) is 0. The van der Waals surface area contributed by atoms with Gasteiger partial charge in [-0.15, -0.1) is 0 Å². The van der Waals surface area contributed by atoms with Gasteiger partial charge in [-0.3, -0.25) is 0 Å². The Balaban J connectivity index is 2.55. The van der Waals surface area contributed by atoms with E-state index in [1.165, 1.54) is 5.56 Å². The molecule has 0 saturated carbocycles. The molecular weight excluding hydrogens is 200 g/mol. The smallest absolute Gasteiger partial charge is 0.125 e. The van der Waals surface area contributed by atoms with Crippen LogP contribution in [0.4, 0.5) is 0 Å². The minimum Gasteiger partial charge on any atom is -0.507 e. The van der Waals surface area contributed by atoms with Gasteiger partial charge in [0.1, 0.15) is 5.75 Å². The Kier molecular flexibility index (Phi) is 3.15. The van der Waals surface area contributed by atoms with Crippen molar-refractivity contribution in [3.8, 4) is 5.75 Å². The molecule has 1 aromatic carbocycles. The van der Waals surface area contributed by atoms with Crippen molar-refractivity contribution < 1.29 is 5.11 Å². The number of nitrogens with zero attached hydrogens (tertiary/aromatic N) is 1. The van der Waals surface area contributed by atoms with Crippen LogP contribution in [0.1, 0.15) is 18.9 Å². The Bertz CT molecular complexity index is 488. The summed E-state index contributed by atoms with van der Waals surface area (Å²) < 4.78 is 2.17. The summed E-state index contributed by atoms with van der Waals surface area (Å²) in [5.41, 5.74) is 7.83. The van der Waals surface area contributed by atoms with Crippen LogP contribution < -0.4 is 5.73 Å². The highest BCUT2D eigenvalue weighted by Crippen LogP contribution is 2.30. The minimum atomic E-state index is 0.372. The van der Waals surface area contributed by atoms with Gasteiger partial charge in [0, 0.05) is 18.1 Å². The molecule has 0 aliphatic carbocycles. The molecule has 1 heterocycles. The largest absolute Gasteiger partial charge is 0.507 e. The van der Waals surface area contributed by atoms with Crippen molar-refractivity contribution in [2.24, 2.45) is 5.73 Å². The van der Waals surface area contributed by atoms with Crippen LogP contribution in [0.5, 0.6) is 5.75 Å². The van der Waals surface area contributed by atoms with Gasteiger partial charge < -0.3 is 15.4 Å². The Labute approximate surface area is 95.5 Å². The number of phenols is 1. The number of phenolic OH excluding ortho intramolecular Hbond substituents is 1. The van der Waals surface area contributed by atoms with Crippen molar-refractivity contribution in [1.82, 2.24) is 4.57 Å². The maximum absolute atomic E-state index is 9.92. The van der Waals surface area contributed by atoms with E-state index in [0.717, 1.165) is 30.3 Å². The Morgan fingerprint density at radius 2 is 2.19 bits per heavy atom. The van der Waals surface area contributed by atoms with Gasteiger partial charge in [0.25, 0.3) is 0 Å². The second-order valence-electron chi connectivity index (χ2n) is 4.00. The fraction of sp³-hybridized carbons (Fsp3) is 0.385. The van der Waals surface area contributed by atoms with Gasteiger partial charge in [-0.1, -0.05) is 6.07 Å². The van der Waals surface area contributed by atoms with Crippen LogP contribution in [0.25, 0.3) is 10.9 Å². The lowest BCUT2D eigenvalue weighted by atomic mass is 10.1. The fourth-order valence-corrected chi connectivity index (χ4v) is 2.16. The van der Waals surface area contributed by atoms with Crippen LogP contribution in [-0.4, -0.2) is 16.2 Å². The van der Waals surface area contributed by atoms with Gasteiger partial charge in [-0.25, -0.2) is 0 Å². The van der Waals surface area contributed by atoms with Gasteiger partial charge >= 0.3 is 0 Å². The summed E-state index contributed by atoms with van der Waals surface area (Å²) >= 11 is 0. The molecule has 16 heavy (non-hydrogen) atoms. The first-order valence-electron chi connectivity index (χ1n) is 5.77. The lowest BCUT2D eigenvalue weighted by Crippen LogP contribution is -2.00. The summed E-state index contributed by atoms with van der Waals surface area (Å²) in [7, 11) is 0. The molecule has 0 aliphatic heterocycles. The van der Waals surface area contributed by atoms with E-state index < -0.39 is 0 Å². The first-order valence-corrected chi connectivity index (χ1v) is 5.77. The third-order valence-corrected chi connectivity index (χ3v) is 2.95. The topological polar surface area (TPSA) is 51.2 Å². The molecule has 86 valence electrons. The Hall–Kier alpha value is -1.48. The van der Waals surface area contributed by atoms with Crippen molar-refractivity contribution in [3.63, 3.8) is 0 Å². The standard InChI is InChI=1S/C13H18N2O/c1-2-15-9-10(5-4-8-14)13-11(15)6-3-7-12(13)16/h3,6-7,9,16H,2,4-5,8,14H2,1H3. The number of hydrogen-bond donors (Lipinski definition) is 2. The molecule has 2 rings (SSSR count). The van der Waals surface area contributed by atoms with Gasteiger partial charge in [-0.2, -0.15) is 0 Å². The normalized spacial score (nSPS) is 11.1. The highest BCUT2D eigenvalue weighted by Gasteiger charge is 2.10. The van der Waals surface area contributed by atoms with Crippen molar-refractivity contribution in [3.05, 3.63) is 30.0 Å². The number of fused-ring (bicyclic) bond motifs is 1. The van der Waals surface area contributed by atoms with E-state index in [0.29, 0.717) is 12.3 Å². The SMILES string of the molecule is CCn1cc(CCCN)c2c(O)cccc21. The fourth-order valence-electron chi connectivity index (χ4n) is 2.16. The quantitative estimate of drug-likeness (QED) is 0.827. The molecular formula is C13H18N2O. The summed E-state index contributed by atoms with van der Waals surface area (Å²) in [5, 5.41) is 10.9. The number of benzene rings is 1. The summed E-state index contributed by atoms with van der Waals surface area (Å²) in [6.07, 6.45) is 4.01. The molecule has 0 unspecified atom stereocenters. The minimum absolute atomic E-state index is 0.372. The number of aromatic hydroxyl groups is 1. The number of aromatic nitrogens is 1. The lowest BCUT2D eigenvalue weighted by Gasteiger charge is -2.00. The average molecular weight is 218 g/mol. The van der Waals surface area contributed by atoms with E-state index in [4.69, 9.17) is 5.73 Å². The molecule has 0 saturated heterocycles. The van der Waals surface area contributed by atoms with Crippen molar-refractivity contribution >= 4 is 10.9 Å². The van der Waals surface area contributed by atoms with Gasteiger partial charge in [0.2, 0.25) is 0 Å². The first-order chi connectivity index (χ1) is 7.77. The van der Waals surface area contributed by atoms with E-state index in [1.54, 1.807) is 6.07 Å². The van der Waals surface area contributed by atoms with Gasteiger partial charge in [-0.05, 0) is 44.0 Å². The molecule has 0 fully saturated rings.